The Bertz CT molecular complexity index is 378. The van der Waals surface area contributed by atoms with E-state index in [0.717, 1.165) is 36.0 Å². The van der Waals surface area contributed by atoms with Crippen LogP contribution >= 0.6 is 15.9 Å². The van der Waals surface area contributed by atoms with Crippen LogP contribution in [0.2, 0.25) is 0 Å². The van der Waals surface area contributed by atoms with Crippen molar-refractivity contribution in [3.05, 3.63) is 28.0 Å². The van der Waals surface area contributed by atoms with Crippen LogP contribution in [0.5, 0.6) is 5.75 Å². The summed E-state index contributed by atoms with van der Waals surface area (Å²) in [7, 11) is 1.49. The maximum absolute atomic E-state index is 13.9. The summed E-state index contributed by atoms with van der Waals surface area (Å²) in [5, 5.41) is 3.29. The molecule has 0 aromatic heterocycles. The van der Waals surface area contributed by atoms with Crippen LogP contribution in [0.3, 0.4) is 0 Å². The highest BCUT2D eigenvalue weighted by Crippen LogP contribution is 2.28. The Morgan fingerprint density at radius 3 is 3.00 bits per heavy atom. The second-order valence-electron chi connectivity index (χ2n) is 4.14. The fraction of sp³-hybridized carbons (Fsp3) is 0.500. The Hall–Kier alpha value is -0.610. The summed E-state index contributed by atoms with van der Waals surface area (Å²) < 4.78 is 19.8. The SMILES string of the molecule is COc1cc(Br)cc(CC2CCNC2)c1F. The molecule has 1 saturated heterocycles. The zero-order chi connectivity index (χ0) is 11.5. The predicted octanol–water partition coefficient (Wildman–Crippen LogP) is 2.75. The van der Waals surface area contributed by atoms with E-state index in [-0.39, 0.29) is 5.82 Å². The zero-order valence-electron chi connectivity index (χ0n) is 9.22. The Morgan fingerprint density at radius 2 is 2.38 bits per heavy atom. The van der Waals surface area contributed by atoms with Crippen LogP contribution in [-0.4, -0.2) is 20.2 Å². The molecule has 1 aromatic carbocycles. The standard InChI is InChI=1S/C12H15BrFNO/c1-16-11-6-10(13)5-9(12(11)14)4-8-2-3-15-7-8/h5-6,8,15H,2-4,7H2,1H3. The van der Waals surface area contributed by atoms with Crippen molar-refractivity contribution in [1.82, 2.24) is 5.32 Å². The van der Waals surface area contributed by atoms with Gasteiger partial charge in [0.25, 0.3) is 0 Å². The smallest absolute Gasteiger partial charge is 0.168 e. The third-order valence-corrected chi connectivity index (χ3v) is 3.43. The molecule has 0 saturated carbocycles. The fourth-order valence-corrected chi connectivity index (χ4v) is 2.60. The van der Waals surface area contributed by atoms with E-state index in [9.17, 15) is 4.39 Å². The van der Waals surface area contributed by atoms with Crippen molar-refractivity contribution in [2.24, 2.45) is 5.92 Å². The predicted molar refractivity (Wildman–Crippen MR) is 65.3 cm³/mol. The number of hydrogen-bond acceptors (Lipinski definition) is 2. The van der Waals surface area contributed by atoms with Crippen LogP contribution in [0.4, 0.5) is 4.39 Å². The molecule has 1 aliphatic rings. The van der Waals surface area contributed by atoms with E-state index in [1.165, 1.54) is 7.11 Å². The largest absolute Gasteiger partial charge is 0.494 e. The molecule has 1 unspecified atom stereocenters. The molecule has 1 aromatic rings. The van der Waals surface area contributed by atoms with Crippen LogP contribution in [0.15, 0.2) is 16.6 Å². The van der Waals surface area contributed by atoms with E-state index in [4.69, 9.17) is 4.74 Å². The quantitative estimate of drug-likeness (QED) is 0.923. The molecule has 2 rings (SSSR count). The Morgan fingerprint density at radius 1 is 1.56 bits per heavy atom. The molecular weight excluding hydrogens is 273 g/mol. The molecular formula is C12H15BrFNO. The molecule has 4 heteroatoms. The summed E-state index contributed by atoms with van der Waals surface area (Å²) in [5.41, 5.74) is 0.736. The molecule has 2 nitrogen and oxygen atoms in total. The van der Waals surface area contributed by atoms with Gasteiger partial charge in [-0.2, -0.15) is 0 Å². The van der Waals surface area contributed by atoms with E-state index in [1.54, 1.807) is 6.07 Å². The minimum Gasteiger partial charge on any atom is -0.494 e. The van der Waals surface area contributed by atoms with Gasteiger partial charge in [-0.3, -0.25) is 0 Å². The number of rotatable bonds is 3. The summed E-state index contributed by atoms with van der Waals surface area (Å²) in [6, 6.07) is 3.50. The first-order chi connectivity index (χ1) is 7.70. The third kappa shape index (κ3) is 2.55. The molecule has 1 fully saturated rings. The van der Waals surface area contributed by atoms with Gasteiger partial charge in [0.15, 0.2) is 11.6 Å². The van der Waals surface area contributed by atoms with Gasteiger partial charge >= 0.3 is 0 Å². The van der Waals surface area contributed by atoms with Crippen molar-refractivity contribution >= 4 is 15.9 Å². The Balaban J connectivity index is 2.21. The minimum absolute atomic E-state index is 0.224. The molecule has 1 heterocycles. The molecule has 88 valence electrons. The van der Waals surface area contributed by atoms with Gasteiger partial charge in [0.1, 0.15) is 0 Å². The molecule has 0 spiro atoms. The van der Waals surface area contributed by atoms with Gasteiger partial charge in [-0.05, 0) is 49.5 Å². The van der Waals surface area contributed by atoms with Gasteiger partial charge in [-0.15, -0.1) is 0 Å². The molecule has 0 radical (unpaired) electrons. The monoisotopic (exact) mass is 287 g/mol. The van der Waals surface area contributed by atoms with E-state index in [1.807, 2.05) is 6.07 Å². The van der Waals surface area contributed by atoms with Crippen molar-refractivity contribution in [2.45, 2.75) is 12.8 Å². The molecule has 0 amide bonds. The summed E-state index contributed by atoms with van der Waals surface area (Å²) >= 11 is 3.38. The zero-order valence-corrected chi connectivity index (χ0v) is 10.8. The van der Waals surface area contributed by atoms with Gasteiger partial charge in [0, 0.05) is 4.47 Å². The lowest BCUT2D eigenvalue weighted by Gasteiger charge is -2.12. The van der Waals surface area contributed by atoms with E-state index < -0.39 is 0 Å². The van der Waals surface area contributed by atoms with Gasteiger partial charge in [-0.1, -0.05) is 15.9 Å². The second kappa shape index (κ2) is 5.15. The van der Waals surface area contributed by atoms with Gasteiger partial charge < -0.3 is 10.1 Å². The van der Waals surface area contributed by atoms with Crippen LogP contribution in [0.25, 0.3) is 0 Å². The fourth-order valence-electron chi connectivity index (χ4n) is 2.12. The summed E-state index contributed by atoms with van der Waals surface area (Å²) in [4.78, 5) is 0. The number of halogens is 2. The summed E-state index contributed by atoms with van der Waals surface area (Å²) in [6.07, 6.45) is 1.89. The molecule has 16 heavy (non-hydrogen) atoms. The molecule has 1 aliphatic heterocycles. The lowest BCUT2D eigenvalue weighted by atomic mass is 9.98. The number of benzene rings is 1. The first-order valence-corrected chi connectivity index (χ1v) is 6.22. The van der Waals surface area contributed by atoms with E-state index >= 15 is 0 Å². The van der Waals surface area contributed by atoms with Gasteiger partial charge in [-0.25, -0.2) is 4.39 Å². The van der Waals surface area contributed by atoms with E-state index in [2.05, 4.69) is 21.2 Å². The lowest BCUT2D eigenvalue weighted by molar-refractivity contribution is 0.382. The average Bonchev–Trinajstić information content (AvgIpc) is 2.75. The van der Waals surface area contributed by atoms with Crippen LogP contribution in [-0.2, 0) is 6.42 Å². The van der Waals surface area contributed by atoms with Crippen molar-refractivity contribution < 1.29 is 9.13 Å². The molecule has 0 aliphatic carbocycles. The first kappa shape index (κ1) is 11.9. The lowest BCUT2D eigenvalue weighted by Crippen LogP contribution is -2.11. The highest BCUT2D eigenvalue weighted by molar-refractivity contribution is 9.10. The third-order valence-electron chi connectivity index (χ3n) is 2.97. The average molecular weight is 288 g/mol. The molecule has 0 bridgehead atoms. The van der Waals surface area contributed by atoms with Gasteiger partial charge in [0.05, 0.1) is 7.11 Å². The van der Waals surface area contributed by atoms with Crippen molar-refractivity contribution in [1.29, 1.82) is 0 Å². The highest BCUT2D eigenvalue weighted by Gasteiger charge is 2.18. The maximum atomic E-state index is 13.9. The summed E-state index contributed by atoms with van der Waals surface area (Å²) in [5.74, 6) is 0.626. The number of hydrogen-bond donors (Lipinski definition) is 1. The molecule has 1 atom stereocenters. The van der Waals surface area contributed by atoms with Crippen LogP contribution in [0, 0.1) is 11.7 Å². The van der Waals surface area contributed by atoms with E-state index in [0.29, 0.717) is 11.7 Å². The number of ether oxygens (including phenoxy) is 1. The highest BCUT2D eigenvalue weighted by atomic mass is 79.9. The van der Waals surface area contributed by atoms with Crippen molar-refractivity contribution in [3.8, 4) is 5.75 Å². The Kier molecular flexibility index (Phi) is 3.82. The van der Waals surface area contributed by atoms with Crippen LogP contribution < -0.4 is 10.1 Å². The maximum Gasteiger partial charge on any atom is 0.168 e. The van der Waals surface area contributed by atoms with Crippen molar-refractivity contribution in [3.63, 3.8) is 0 Å². The van der Waals surface area contributed by atoms with Gasteiger partial charge in [0.2, 0.25) is 0 Å². The molecule has 1 N–H and O–H groups in total. The second-order valence-corrected chi connectivity index (χ2v) is 5.06. The minimum atomic E-state index is -0.224. The van der Waals surface area contributed by atoms with Crippen molar-refractivity contribution in [2.75, 3.05) is 20.2 Å². The van der Waals surface area contributed by atoms with Crippen LogP contribution in [0.1, 0.15) is 12.0 Å². The topological polar surface area (TPSA) is 21.3 Å². The first-order valence-electron chi connectivity index (χ1n) is 5.43. The summed E-state index contributed by atoms with van der Waals surface area (Å²) in [6.45, 7) is 2.02. The number of methoxy groups -OCH3 is 1. The Labute approximate surface area is 103 Å². The normalized spacial score (nSPS) is 20.1. The number of nitrogens with one attached hydrogen (secondary N) is 1.